The van der Waals surface area contributed by atoms with Crippen LogP contribution in [0.15, 0.2) is 47.4 Å². The van der Waals surface area contributed by atoms with E-state index >= 15 is 0 Å². The standard InChI is InChI=1S/C26H29NO9S/c1-31-20-10-9-18(15-21(20)32-2)37(29,30)27-19-11-16(12-22(33-3)25(19)28)7-8-17-13-23(34-4)26(36-6)24(14-17)35-5/h7-15,27-28H,1-6H3/b8-7-. The zero-order chi connectivity index (χ0) is 27.2. The molecule has 0 radical (unpaired) electrons. The fourth-order valence-electron chi connectivity index (χ4n) is 3.54. The summed E-state index contributed by atoms with van der Waals surface area (Å²) in [5.41, 5.74) is 1.21. The molecular formula is C26H29NO9S. The Morgan fingerprint density at radius 1 is 0.649 bits per heavy atom. The third-order valence-electron chi connectivity index (χ3n) is 5.38. The van der Waals surface area contributed by atoms with E-state index in [1.807, 2.05) is 0 Å². The van der Waals surface area contributed by atoms with E-state index in [1.165, 1.54) is 66.9 Å². The van der Waals surface area contributed by atoms with Gasteiger partial charge >= 0.3 is 0 Å². The normalized spacial score (nSPS) is 11.2. The van der Waals surface area contributed by atoms with Crippen LogP contribution >= 0.6 is 0 Å². The first-order valence-electron chi connectivity index (χ1n) is 10.8. The van der Waals surface area contributed by atoms with Crippen molar-refractivity contribution in [2.24, 2.45) is 0 Å². The van der Waals surface area contributed by atoms with Gasteiger partial charge in [0.1, 0.15) is 0 Å². The van der Waals surface area contributed by atoms with E-state index in [1.54, 1.807) is 30.4 Å². The molecule has 3 aromatic rings. The third-order valence-corrected chi connectivity index (χ3v) is 6.75. The van der Waals surface area contributed by atoms with Gasteiger partial charge in [0, 0.05) is 6.07 Å². The first-order chi connectivity index (χ1) is 17.7. The summed E-state index contributed by atoms with van der Waals surface area (Å²) in [6, 6.07) is 10.7. The minimum atomic E-state index is -4.10. The maximum atomic E-state index is 13.1. The average Bonchev–Trinajstić information content (AvgIpc) is 2.91. The van der Waals surface area contributed by atoms with E-state index in [4.69, 9.17) is 28.4 Å². The largest absolute Gasteiger partial charge is 0.503 e. The zero-order valence-electron chi connectivity index (χ0n) is 21.3. The molecule has 0 unspecified atom stereocenters. The van der Waals surface area contributed by atoms with E-state index in [0.29, 0.717) is 28.6 Å². The molecule has 0 bridgehead atoms. The molecule has 0 spiro atoms. The maximum Gasteiger partial charge on any atom is 0.262 e. The Morgan fingerprint density at radius 3 is 1.68 bits per heavy atom. The number of sulfonamides is 1. The monoisotopic (exact) mass is 531 g/mol. The number of hydrogen-bond acceptors (Lipinski definition) is 9. The number of aromatic hydroxyl groups is 1. The van der Waals surface area contributed by atoms with E-state index < -0.39 is 10.0 Å². The Labute approximate surface area is 216 Å². The van der Waals surface area contributed by atoms with Crippen LogP contribution in [0.1, 0.15) is 11.1 Å². The van der Waals surface area contributed by atoms with Crippen molar-refractivity contribution in [3.05, 3.63) is 53.6 Å². The van der Waals surface area contributed by atoms with Gasteiger partial charge in [-0.15, -0.1) is 0 Å². The van der Waals surface area contributed by atoms with Crippen LogP contribution in [0, 0.1) is 0 Å². The van der Waals surface area contributed by atoms with Crippen LogP contribution in [0.25, 0.3) is 12.2 Å². The summed E-state index contributed by atoms with van der Waals surface area (Å²) in [6.07, 6.45) is 3.49. The predicted molar refractivity (Wildman–Crippen MR) is 140 cm³/mol. The lowest BCUT2D eigenvalue weighted by molar-refractivity contribution is 0.324. The number of rotatable bonds is 11. The van der Waals surface area contributed by atoms with E-state index in [-0.39, 0.29) is 27.8 Å². The summed E-state index contributed by atoms with van der Waals surface area (Å²) in [5.74, 6) is 1.76. The second-order valence-electron chi connectivity index (χ2n) is 7.53. The highest BCUT2D eigenvalue weighted by molar-refractivity contribution is 7.92. The second kappa shape index (κ2) is 11.7. The molecule has 0 amide bonds. The van der Waals surface area contributed by atoms with Crippen LogP contribution in [0.5, 0.6) is 40.2 Å². The summed E-state index contributed by atoms with van der Waals surface area (Å²) in [7, 11) is 4.68. The first kappa shape index (κ1) is 27.3. The number of methoxy groups -OCH3 is 6. The number of phenolic OH excluding ortho intramolecular Hbond substituents is 1. The number of nitrogens with one attached hydrogen (secondary N) is 1. The lowest BCUT2D eigenvalue weighted by Gasteiger charge is -2.15. The SMILES string of the molecule is COc1ccc(S(=O)(=O)Nc2cc(/C=C\c3cc(OC)c(OC)c(OC)c3)cc(OC)c2O)cc1OC. The highest BCUT2D eigenvalue weighted by atomic mass is 32.2. The molecule has 0 aliphatic heterocycles. The van der Waals surface area contributed by atoms with Crippen LogP contribution in [0.2, 0.25) is 0 Å². The van der Waals surface area contributed by atoms with Crippen molar-refractivity contribution in [1.29, 1.82) is 0 Å². The van der Waals surface area contributed by atoms with Gasteiger partial charge in [-0.2, -0.15) is 0 Å². The number of benzene rings is 3. The minimum absolute atomic E-state index is 0.0707. The molecule has 0 aromatic heterocycles. The van der Waals surface area contributed by atoms with Crippen LogP contribution in [0.4, 0.5) is 5.69 Å². The Bertz CT molecular complexity index is 1380. The molecule has 0 aliphatic rings. The van der Waals surface area contributed by atoms with Gasteiger partial charge in [-0.25, -0.2) is 8.42 Å². The third kappa shape index (κ3) is 5.95. The maximum absolute atomic E-state index is 13.1. The predicted octanol–water partition coefficient (Wildman–Crippen LogP) is 4.42. The quantitative estimate of drug-likeness (QED) is 0.274. The van der Waals surface area contributed by atoms with Crippen LogP contribution < -0.4 is 33.1 Å². The van der Waals surface area contributed by atoms with Gasteiger partial charge in [-0.3, -0.25) is 4.72 Å². The molecule has 198 valence electrons. The highest BCUT2D eigenvalue weighted by Gasteiger charge is 2.21. The van der Waals surface area contributed by atoms with Gasteiger partial charge in [0.25, 0.3) is 10.0 Å². The van der Waals surface area contributed by atoms with Crippen LogP contribution in [-0.4, -0.2) is 56.2 Å². The Morgan fingerprint density at radius 2 is 1.16 bits per heavy atom. The van der Waals surface area contributed by atoms with Gasteiger partial charge < -0.3 is 33.5 Å². The van der Waals surface area contributed by atoms with Gasteiger partial charge in [0.15, 0.2) is 34.5 Å². The summed E-state index contributed by atoms with van der Waals surface area (Å²) >= 11 is 0. The van der Waals surface area contributed by atoms with Gasteiger partial charge in [0.2, 0.25) is 5.75 Å². The van der Waals surface area contributed by atoms with Crippen molar-refractivity contribution in [3.63, 3.8) is 0 Å². The molecule has 2 N–H and O–H groups in total. The molecule has 3 aromatic carbocycles. The average molecular weight is 532 g/mol. The summed E-state index contributed by atoms with van der Waals surface area (Å²) in [5, 5.41) is 10.6. The first-order valence-corrected chi connectivity index (χ1v) is 12.3. The molecule has 11 heteroatoms. The number of hydrogen-bond donors (Lipinski definition) is 2. The molecule has 0 heterocycles. The van der Waals surface area contributed by atoms with Crippen LogP contribution in [0.3, 0.4) is 0 Å². The molecule has 37 heavy (non-hydrogen) atoms. The Balaban J connectivity index is 2.00. The van der Waals surface area contributed by atoms with Crippen molar-refractivity contribution in [2.75, 3.05) is 47.4 Å². The topological polar surface area (TPSA) is 122 Å². The van der Waals surface area contributed by atoms with Crippen molar-refractivity contribution >= 4 is 27.9 Å². The summed E-state index contributed by atoms with van der Waals surface area (Å²) < 4.78 is 60.3. The molecule has 10 nitrogen and oxygen atoms in total. The van der Waals surface area contributed by atoms with Gasteiger partial charge in [0.05, 0.1) is 53.2 Å². The fraction of sp³-hybridized carbons (Fsp3) is 0.231. The summed E-state index contributed by atoms with van der Waals surface area (Å²) in [4.78, 5) is -0.0816. The molecule has 0 saturated heterocycles. The molecular weight excluding hydrogens is 502 g/mol. The molecule has 0 atom stereocenters. The van der Waals surface area contributed by atoms with Gasteiger partial charge in [-0.05, 0) is 47.5 Å². The molecule has 0 saturated carbocycles. The minimum Gasteiger partial charge on any atom is -0.503 e. The van der Waals surface area contributed by atoms with Crippen LogP contribution in [-0.2, 0) is 10.0 Å². The Kier molecular flexibility index (Phi) is 8.61. The molecule has 0 aliphatic carbocycles. The number of ether oxygens (including phenoxy) is 6. The van der Waals surface area contributed by atoms with Gasteiger partial charge in [-0.1, -0.05) is 12.2 Å². The number of anilines is 1. The van der Waals surface area contributed by atoms with E-state index in [2.05, 4.69) is 4.72 Å². The van der Waals surface area contributed by atoms with Crippen molar-refractivity contribution < 1.29 is 41.9 Å². The zero-order valence-corrected chi connectivity index (χ0v) is 22.1. The highest BCUT2D eigenvalue weighted by Crippen LogP contribution is 2.40. The molecule has 3 rings (SSSR count). The Hall–Kier alpha value is -4.25. The van der Waals surface area contributed by atoms with E-state index in [9.17, 15) is 13.5 Å². The summed E-state index contributed by atoms with van der Waals surface area (Å²) in [6.45, 7) is 0. The fourth-order valence-corrected chi connectivity index (χ4v) is 4.61. The van der Waals surface area contributed by atoms with E-state index in [0.717, 1.165) is 5.56 Å². The lowest BCUT2D eigenvalue weighted by atomic mass is 10.1. The van der Waals surface area contributed by atoms with Crippen molar-refractivity contribution in [1.82, 2.24) is 0 Å². The molecule has 0 fully saturated rings. The lowest BCUT2D eigenvalue weighted by Crippen LogP contribution is -2.13. The number of phenols is 1. The van der Waals surface area contributed by atoms with Crippen molar-refractivity contribution in [2.45, 2.75) is 4.90 Å². The van der Waals surface area contributed by atoms with Crippen molar-refractivity contribution in [3.8, 4) is 40.2 Å². The second-order valence-corrected chi connectivity index (χ2v) is 9.22. The smallest absolute Gasteiger partial charge is 0.262 e.